The van der Waals surface area contributed by atoms with Gasteiger partial charge in [0, 0.05) is 0 Å². The van der Waals surface area contributed by atoms with E-state index in [4.69, 9.17) is 0 Å². The van der Waals surface area contributed by atoms with Crippen LogP contribution >= 0.6 is 0 Å². The van der Waals surface area contributed by atoms with Gasteiger partial charge in [0.15, 0.2) is 0 Å². The Morgan fingerprint density at radius 3 is 1.23 bits per heavy atom. The van der Waals surface area contributed by atoms with Gasteiger partial charge in [-0.3, -0.25) is 0 Å². The first-order valence-electron chi connectivity index (χ1n) is 11.7. The normalized spacial score (nSPS) is 72.5. The van der Waals surface area contributed by atoms with Gasteiger partial charge in [0.1, 0.15) is 0 Å². The molecule has 5 heteroatoms. The van der Waals surface area contributed by atoms with Crippen molar-refractivity contribution >= 4 is 23.2 Å². The molecule has 0 aliphatic carbocycles. The van der Waals surface area contributed by atoms with Crippen LogP contribution in [0.3, 0.4) is 0 Å². The molecule has 10 aliphatic heterocycles. The van der Waals surface area contributed by atoms with Gasteiger partial charge in [0.25, 0.3) is 0 Å². The van der Waals surface area contributed by atoms with E-state index in [1.807, 2.05) is 0 Å². The van der Waals surface area contributed by atoms with Crippen molar-refractivity contribution in [1.29, 1.82) is 0 Å². The van der Waals surface area contributed by atoms with Crippen LogP contribution in [-0.2, 0) is 16.1 Å². The number of anilines is 2. The van der Waals surface area contributed by atoms with Crippen LogP contribution < -0.4 is 9.80 Å². The maximum atomic E-state index is 13.3. The average molecular weight is 452 g/mol. The van der Waals surface area contributed by atoms with Gasteiger partial charge in [-0.15, -0.1) is 0 Å². The van der Waals surface area contributed by atoms with Crippen molar-refractivity contribution in [2.24, 2.45) is 0 Å². The van der Waals surface area contributed by atoms with Gasteiger partial charge < -0.3 is 0 Å². The molecule has 10 fully saturated rings. The summed E-state index contributed by atoms with van der Waals surface area (Å²) in [6.07, 6.45) is 0. The first kappa shape index (κ1) is 14.1. The van der Waals surface area contributed by atoms with Crippen molar-refractivity contribution in [3.05, 3.63) is 60.7 Å². The van der Waals surface area contributed by atoms with Crippen LogP contribution in [0.25, 0.3) is 0 Å². The topological polar surface area (TPSA) is 40.6 Å². The third-order valence-electron chi connectivity index (χ3n) is 18.0. The Morgan fingerprint density at radius 1 is 0.645 bits per heavy atom. The van der Waals surface area contributed by atoms with Crippen molar-refractivity contribution in [2.75, 3.05) is 9.80 Å². The molecule has 12 rings (SSSR count). The van der Waals surface area contributed by atoms with E-state index in [1.54, 1.807) is 13.8 Å². The van der Waals surface area contributed by atoms with E-state index in [9.17, 15) is 9.59 Å². The molecule has 1 spiro atoms. The standard InChI is InChI=1S/2C13H12NO.Fe/c2*1-11(15)14(13-9-5-6-10-13)12-7-3-2-4-8-12;/h2*2-10H,1H3;. The van der Waals surface area contributed by atoms with Crippen molar-refractivity contribution in [1.82, 2.24) is 0 Å². The molecule has 0 N–H and O–H groups in total. The molecule has 0 bridgehead atoms. The van der Waals surface area contributed by atoms with E-state index in [1.165, 1.54) is 0 Å². The molecule has 8 atom stereocenters. The Bertz CT molecular complexity index is 1630. The van der Waals surface area contributed by atoms with Crippen molar-refractivity contribution < 1.29 is 16.1 Å². The Labute approximate surface area is 170 Å². The van der Waals surface area contributed by atoms with Crippen LogP contribution in [0.2, 0.25) is 38.5 Å². The van der Waals surface area contributed by atoms with Gasteiger partial charge in [0.2, 0.25) is 0 Å². The summed E-state index contributed by atoms with van der Waals surface area (Å²) >= 11 is 0. The van der Waals surface area contributed by atoms with Crippen LogP contribution in [0.15, 0.2) is 60.7 Å². The molecule has 0 aromatic heterocycles. The zero-order chi connectivity index (χ0) is 20.5. The van der Waals surface area contributed by atoms with Crippen molar-refractivity contribution in [3.8, 4) is 0 Å². The number of carbonyl (C=O) groups excluding carboxylic acids is 2. The van der Waals surface area contributed by atoms with Gasteiger partial charge in [-0.2, -0.15) is 0 Å². The molecule has 0 saturated carbocycles. The predicted octanol–water partition coefficient (Wildman–Crippen LogP) is 5.30. The quantitative estimate of drug-likeness (QED) is 0.591. The Morgan fingerprint density at radius 2 is 0.968 bits per heavy atom. The van der Waals surface area contributed by atoms with Gasteiger partial charge in [0.05, 0.1) is 0 Å². The number of amides is 2. The third kappa shape index (κ3) is 0.261. The van der Waals surface area contributed by atoms with E-state index < -0.39 is 6.51 Å². The van der Waals surface area contributed by atoms with Gasteiger partial charge >= 0.3 is 171 Å². The maximum absolute atomic E-state index is 13.3. The second kappa shape index (κ2) is 1.77. The zero-order valence-corrected chi connectivity index (χ0v) is 18.6. The third-order valence-corrected chi connectivity index (χ3v) is 60.3. The predicted molar refractivity (Wildman–Crippen MR) is 115 cm³/mol. The average Bonchev–Trinajstić information content (AvgIpc) is 3.71. The van der Waals surface area contributed by atoms with Gasteiger partial charge in [-0.05, 0) is 0 Å². The minimum atomic E-state index is -4.16. The minimum absolute atomic E-state index is 0.185. The molecule has 8 unspecified atom stereocenters. The number of para-hydroxylation sites is 2. The van der Waals surface area contributed by atoms with E-state index in [-0.39, 0.29) is 20.7 Å². The Hall–Kier alpha value is -2.10. The second-order valence-corrected chi connectivity index (χ2v) is 37.2. The summed E-state index contributed by atoms with van der Waals surface area (Å²) in [7, 11) is 0. The summed E-state index contributed by atoms with van der Waals surface area (Å²) < 4.78 is 0.369. The fourth-order valence-electron chi connectivity index (χ4n) is 19.9. The summed E-state index contributed by atoms with van der Waals surface area (Å²) in [6, 6.07) is 21.0. The second-order valence-electron chi connectivity index (χ2n) is 14.1. The SMILES string of the molecule is CC(=O)N(c1ccccc1)[C]12[CH]3[CH]4[CH]5[CH]1[Fe]45321678[CH]2[CH]1[CH]6[C]7(N(C(C)=O)c1ccccc1)[CH]28. The summed E-state index contributed by atoms with van der Waals surface area (Å²) in [6.45, 7) is -0.568. The van der Waals surface area contributed by atoms with Gasteiger partial charge in [-0.25, -0.2) is 0 Å². The number of nitrogens with zero attached hydrogens (tertiary/aromatic N) is 2. The van der Waals surface area contributed by atoms with Crippen molar-refractivity contribution in [3.63, 3.8) is 0 Å². The van der Waals surface area contributed by atoms with Gasteiger partial charge in [-0.1, -0.05) is 0 Å². The fourth-order valence-corrected chi connectivity index (χ4v) is 94.9. The summed E-state index contributed by atoms with van der Waals surface area (Å²) in [5.41, 5.74) is 2.24. The molecule has 158 valence electrons. The fraction of sp³-hybridized carbons (Fsp3) is 0.462. The molecule has 2 aromatic carbocycles. The molecule has 10 aliphatic rings. The van der Waals surface area contributed by atoms with E-state index in [2.05, 4.69) is 70.5 Å². The molecule has 31 heavy (non-hydrogen) atoms. The van der Waals surface area contributed by atoms with E-state index in [0.29, 0.717) is 0 Å². The number of benzene rings is 2. The van der Waals surface area contributed by atoms with Crippen LogP contribution in [0.4, 0.5) is 11.4 Å². The molecule has 2 aromatic rings. The number of fused-ring (bicyclic) bond motifs is 10. The molecular weight excluding hydrogens is 428 g/mol. The van der Waals surface area contributed by atoms with Crippen LogP contribution in [0.5, 0.6) is 0 Å². The summed E-state index contributed by atoms with van der Waals surface area (Å²) in [5, 5.41) is 0. The molecular formula is C26H24FeN2O2. The van der Waals surface area contributed by atoms with Crippen LogP contribution in [-0.4, -0.2) is 20.7 Å². The summed E-state index contributed by atoms with van der Waals surface area (Å²) in [5.74, 6) is 0.479. The van der Waals surface area contributed by atoms with Crippen LogP contribution in [0, 0.1) is 0 Å². The molecule has 10 saturated heterocycles. The van der Waals surface area contributed by atoms with E-state index in [0.717, 1.165) is 49.9 Å². The number of hydrogen-bond donors (Lipinski definition) is 0. The molecule has 10 heterocycles. The van der Waals surface area contributed by atoms with Crippen LogP contribution in [0.1, 0.15) is 13.8 Å². The summed E-state index contributed by atoms with van der Waals surface area (Å²) in [4.78, 5) is 38.6. The first-order valence-corrected chi connectivity index (χ1v) is 17.9. The molecule has 2 amide bonds. The molecule has 0 radical (unpaired) electrons. The number of carbonyl (C=O) groups is 2. The number of rotatable bonds is 4. The zero-order valence-electron chi connectivity index (χ0n) is 17.5. The Balaban J connectivity index is 1.22. The Kier molecular flexibility index (Phi) is 0.805. The number of hydrogen-bond acceptors (Lipinski definition) is 2. The molecule has 4 nitrogen and oxygen atoms in total. The monoisotopic (exact) mass is 452 g/mol. The van der Waals surface area contributed by atoms with Crippen molar-refractivity contribution in [2.45, 2.75) is 61.3 Å². The first-order chi connectivity index (χ1) is 14.8. The van der Waals surface area contributed by atoms with E-state index >= 15 is 0 Å².